The Morgan fingerprint density at radius 3 is 2.81 bits per heavy atom. The molecule has 3 heterocycles. The molecular weight excluding hydrogens is 456 g/mol. The van der Waals surface area contributed by atoms with Gasteiger partial charge in [-0.1, -0.05) is 0 Å². The second-order valence-electron chi connectivity index (χ2n) is 10.7. The van der Waals surface area contributed by atoms with E-state index < -0.39 is 6.10 Å². The van der Waals surface area contributed by atoms with Crippen LogP contribution in [0.5, 0.6) is 0 Å². The van der Waals surface area contributed by atoms with Gasteiger partial charge < -0.3 is 21.1 Å². The number of amides is 2. The highest BCUT2D eigenvalue weighted by atomic mass is 16.3. The Labute approximate surface area is 209 Å². The Kier molecular flexibility index (Phi) is 5.48. The van der Waals surface area contributed by atoms with Crippen LogP contribution in [-0.2, 0) is 6.54 Å². The number of hydrogen-bond acceptors (Lipinski definition) is 6. The number of anilines is 1. The maximum absolute atomic E-state index is 13.2. The lowest BCUT2D eigenvalue weighted by atomic mass is 9.93. The monoisotopic (exact) mass is 488 g/mol. The minimum atomic E-state index is -0.395. The largest absolute Gasteiger partial charge is 0.393 e. The van der Waals surface area contributed by atoms with E-state index in [9.17, 15) is 14.7 Å². The highest BCUT2D eigenvalue weighted by molar-refractivity contribution is 6.04. The first-order valence-corrected chi connectivity index (χ1v) is 12.9. The maximum atomic E-state index is 13.2. The van der Waals surface area contributed by atoms with Crippen molar-refractivity contribution in [3.8, 4) is 11.3 Å². The van der Waals surface area contributed by atoms with Crippen molar-refractivity contribution < 1.29 is 14.7 Å². The molecule has 0 bridgehead atoms. The molecular formula is C27H32N6O3. The zero-order chi connectivity index (χ0) is 25.1. The van der Waals surface area contributed by atoms with Crippen molar-refractivity contribution in [1.29, 1.82) is 0 Å². The van der Waals surface area contributed by atoms with Crippen LogP contribution in [0.3, 0.4) is 0 Å². The van der Waals surface area contributed by atoms with Crippen LogP contribution in [0.4, 0.5) is 5.82 Å². The van der Waals surface area contributed by atoms with Crippen LogP contribution >= 0.6 is 0 Å². The Bertz CT molecular complexity index is 1380. The molecule has 9 heteroatoms. The van der Waals surface area contributed by atoms with Crippen molar-refractivity contribution in [1.82, 2.24) is 24.8 Å². The van der Waals surface area contributed by atoms with Gasteiger partial charge in [-0.15, -0.1) is 5.10 Å². The number of aryl methyl sites for hydroxylation is 1. The van der Waals surface area contributed by atoms with Gasteiger partial charge in [0.1, 0.15) is 5.56 Å². The molecule has 1 unspecified atom stereocenters. The smallest absolute Gasteiger partial charge is 0.259 e. The number of nitrogens with one attached hydrogen (secondary N) is 1. The third-order valence-electron chi connectivity index (χ3n) is 8.05. The summed E-state index contributed by atoms with van der Waals surface area (Å²) >= 11 is 0. The minimum Gasteiger partial charge on any atom is -0.393 e. The lowest BCUT2D eigenvalue weighted by Gasteiger charge is -2.26. The van der Waals surface area contributed by atoms with Gasteiger partial charge in [0.25, 0.3) is 11.8 Å². The fourth-order valence-electron chi connectivity index (χ4n) is 5.88. The summed E-state index contributed by atoms with van der Waals surface area (Å²) in [7, 11) is 0. The molecule has 2 fully saturated rings. The summed E-state index contributed by atoms with van der Waals surface area (Å²) < 4.78 is 1.52. The van der Waals surface area contributed by atoms with Gasteiger partial charge in [0.05, 0.1) is 11.8 Å². The second-order valence-corrected chi connectivity index (χ2v) is 10.7. The molecule has 2 amide bonds. The molecule has 4 N–H and O–H groups in total. The van der Waals surface area contributed by atoms with Gasteiger partial charge in [-0.3, -0.25) is 9.59 Å². The Morgan fingerprint density at radius 1 is 1.25 bits per heavy atom. The minimum absolute atomic E-state index is 0.100. The topological polar surface area (TPSA) is 126 Å². The van der Waals surface area contributed by atoms with Gasteiger partial charge in [-0.05, 0) is 87.6 Å². The summed E-state index contributed by atoms with van der Waals surface area (Å²) in [5.74, 6) is 0.522. The van der Waals surface area contributed by atoms with Crippen molar-refractivity contribution in [2.24, 2.45) is 5.92 Å². The van der Waals surface area contributed by atoms with Crippen molar-refractivity contribution in [2.45, 2.75) is 77.1 Å². The van der Waals surface area contributed by atoms with Gasteiger partial charge >= 0.3 is 0 Å². The van der Waals surface area contributed by atoms with E-state index in [0.29, 0.717) is 30.2 Å². The molecule has 6 rings (SSSR count). The first-order chi connectivity index (χ1) is 17.3. The fraction of sp³-hybridized carbons (Fsp3) is 0.481. The molecule has 2 saturated carbocycles. The first kappa shape index (κ1) is 23.0. The number of nitrogens with zero attached hydrogens (tertiary/aromatic N) is 4. The standard InChI is InChI=1S/C27H32N6O3/c1-14-10-17(11-18-13-32(27(36)22(14)18)15(2)16-6-7-16)21-8-9-33-25(30-21)23(24(28)31-33)26(35)29-19-4-3-5-20(34)12-19/h8-11,15-16,19-20,34H,3-7,12-13H2,1-2H3,(H2,28,31)(H,29,35)/t15?,19-,20-/m1/s1. The van der Waals surface area contributed by atoms with E-state index in [-0.39, 0.29) is 35.3 Å². The third kappa shape index (κ3) is 3.91. The third-order valence-corrected chi connectivity index (χ3v) is 8.05. The molecule has 1 aliphatic heterocycles. The van der Waals surface area contributed by atoms with Gasteiger partial charge in [-0.2, -0.15) is 0 Å². The molecule has 3 aliphatic rings. The second kappa shape index (κ2) is 8.58. The van der Waals surface area contributed by atoms with Crippen LogP contribution in [0.2, 0.25) is 0 Å². The van der Waals surface area contributed by atoms with Crippen molar-refractivity contribution >= 4 is 23.3 Å². The summed E-state index contributed by atoms with van der Waals surface area (Å²) in [4.78, 5) is 33.1. The molecule has 3 atom stereocenters. The highest BCUT2D eigenvalue weighted by Crippen LogP contribution is 2.39. The molecule has 2 aromatic heterocycles. The van der Waals surface area contributed by atoms with E-state index in [2.05, 4.69) is 17.3 Å². The predicted octanol–water partition coefficient (Wildman–Crippen LogP) is 3.07. The SMILES string of the molecule is Cc1cc(-c2ccn3nc(N)c(C(=O)N[C@@H]4CCC[C@@H](O)C4)c3n2)cc2c1C(=O)N(C(C)C1CC1)C2. The van der Waals surface area contributed by atoms with Crippen molar-refractivity contribution in [2.75, 3.05) is 5.73 Å². The van der Waals surface area contributed by atoms with Crippen LogP contribution in [0.25, 0.3) is 16.9 Å². The number of rotatable bonds is 5. The van der Waals surface area contributed by atoms with Gasteiger partial charge in [0.15, 0.2) is 11.5 Å². The van der Waals surface area contributed by atoms with Crippen LogP contribution in [0, 0.1) is 12.8 Å². The quantitative estimate of drug-likeness (QED) is 0.507. The maximum Gasteiger partial charge on any atom is 0.259 e. The van der Waals surface area contributed by atoms with Crippen LogP contribution in [0.15, 0.2) is 24.4 Å². The van der Waals surface area contributed by atoms with E-state index in [1.807, 2.05) is 30.0 Å². The van der Waals surface area contributed by atoms with Crippen molar-refractivity contribution in [3.05, 3.63) is 46.6 Å². The van der Waals surface area contributed by atoms with Crippen LogP contribution in [-0.4, -0.2) is 54.6 Å². The Hall–Kier alpha value is -3.46. The molecule has 3 aromatic rings. The number of fused-ring (bicyclic) bond motifs is 2. The number of hydrogen-bond donors (Lipinski definition) is 3. The molecule has 9 nitrogen and oxygen atoms in total. The molecule has 36 heavy (non-hydrogen) atoms. The molecule has 2 aliphatic carbocycles. The number of carbonyl (C=O) groups excluding carboxylic acids is 2. The number of nitrogen functional groups attached to an aromatic ring is 1. The Morgan fingerprint density at radius 2 is 2.06 bits per heavy atom. The molecule has 0 spiro atoms. The van der Waals surface area contributed by atoms with Crippen LogP contribution in [0.1, 0.15) is 77.3 Å². The molecule has 188 valence electrons. The summed E-state index contributed by atoms with van der Waals surface area (Å²) in [6.07, 6.45) is 6.74. The summed E-state index contributed by atoms with van der Waals surface area (Å²) in [6, 6.07) is 6.03. The molecule has 0 radical (unpaired) electrons. The van der Waals surface area contributed by atoms with Gasteiger partial charge in [-0.25, -0.2) is 9.50 Å². The van der Waals surface area contributed by atoms with E-state index >= 15 is 0 Å². The van der Waals surface area contributed by atoms with E-state index in [1.54, 1.807) is 6.20 Å². The number of aliphatic hydroxyl groups excluding tert-OH is 1. The van der Waals surface area contributed by atoms with Crippen LogP contribution < -0.4 is 11.1 Å². The number of aliphatic hydroxyl groups is 1. The average Bonchev–Trinajstić information content (AvgIpc) is 3.55. The first-order valence-electron chi connectivity index (χ1n) is 12.9. The predicted molar refractivity (Wildman–Crippen MR) is 135 cm³/mol. The Balaban J connectivity index is 1.32. The number of nitrogens with two attached hydrogens (primary N) is 1. The number of aromatic nitrogens is 3. The zero-order valence-electron chi connectivity index (χ0n) is 20.7. The van der Waals surface area contributed by atoms with E-state index in [0.717, 1.165) is 41.5 Å². The van der Waals surface area contributed by atoms with Crippen molar-refractivity contribution in [3.63, 3.8) is 0 Å². The number of benzene rings is 1. The molecule has 1 aromatic carbocycles. The number of carbonyl (C=O) groups is 2. The summed E-state index contributed by atoms with van der Waals surface area (Å²) in [5.41, 5.74) is 11.1. The molecule has 0 saturated heterocycles. The lowest BCUT2D eigenvalue weighted by molar-refractivity contribution is 0.0696. The fourth-order valence-corrected chi connectivity index (χ4v) is 5.88. The van der Waals surface area contributed by atoms with E-state index in [4.69, 9.17) is 10.7 Å². The van der Waals surface area contributed by atoms with E-state index in [1.165, 1.54) is 17.4 Å². The summed E-state index contributed by atoms with van der Waals surface area (Å²) in [5, 5.41) is 17.3. The zero-order valence-corrected chi connectivity index (χ0v) is 20.7. The average molecular weight is 489 g/mol. The normalized spacial score (nSPS) is 22.6. The summed E-state index contributed by atoms with van der Waals surface area (Å²) in [6.45, 7) is 4.74. The highest BCUT2D eigenvalue weighted by Gasteiger charge is 2.39. The lowest BCUT2D eigenvalue weighted by Crippen LogP contribution is -2.40. The van der Waals surface area contributed by atoms with Gasteiger partial charge in [0, 0.05) is 36.0 Å². The van der Waals surface area contributed by atoms with Gasteiger partial charge in [0.2, 0.25) is 0 Å².